The normalized spacial score (nSPS) is 11.8. The van der Waals surface area contributed by atoms with Crippen LogP contribution in [0.2, 0.25) is 0 Å². The van der Waals surface area contributed by atoms with E-state index in [4.69, 9.17) is 0 Å². The van der Waals surface area contributed by atoms with Crippen LogP contribution < -0.4 is 9.03 Å². The molecule has 30 heavy (non-hydrogen) atoms. The number of para-hydroxylation sites is 1. The molecule has 0 atom stereocenters. The number of hydrogen-bond acceptors (Lipinski definition) is 4. The van der Waals surface area contributed by atoms with Gasteiger partial charge in [0.25, 0.3) is 10.0 Å². The van der Waals surface area contributed by atoms with Crippen LogP contribution in [0.25, 0.3) is 0 Å². The summed E-state index contributed by atoms with van der Waals surface area (Å²) >= 11 is 0. The Bertz CT molecular complexity index is 1220. The zero-order valence-electron chi connectivity index (χ0n) is 16.2. The molecule has 0 saturated heterocycles. The van der Waals surface area contributed by atoms with Gasteiger partial charge in [-0.15, -0.1) is 0 Å². The minimum atomic E-state index is -4.23. The summed E-state index contributed by atoms with van der Waals surface area (Å²) in [6, 6.07) is 21.0. The molecule has 0 aliphatic heterocycles. The summed E-state index contributed by atoms with van der Waals surface area (Å²) in [5, 5.41) is 0. The van der Waals surface area contributed by atoms with Gasteiger partial charge in [0, 0.05) is 6.54 Å². The van der Waals surface area contributed by atoms with Crippen molar-refractivity contribution in [3.63, 3.8) is 0 Å². The van der Waals surface area contributed by atoms with Gasteiger partial charge in [0.05, 0.1) is 17.6 Å². The van der Waals surface area contributed by atoms with E-state index in [0.29, 0.717) is 12.1 Å². The third kappa shape index (κ3) is 5.37. The third-order valence-electron chi connectivity index (χ3n) is 4.29. The summed E-state index contributed by atoms with van der Waals surface area (Å²) < 4.78 is 67.3. The highest BCUT2D eigenvalue weighted by molar-refractivity contribution is 7.93. The molecule has 3 aromatic rings. The Morgan fingerprint density at radius 2 is 1.47 bits per heavy atom. The number of anilines is 2. The van der Waals surface area contributed by atoms with Gasteiger partial charge in [-0.3, -0.25) is 9.03 Å². The van der Waals surface area contributed by atoms with Crippen molar-refractivity contribution >= 4 is 31.4 Å². The number of rotatable bonds is 8. The maximum atomic E-state index is 14.7. The van der Waals surface area contributed by atoms with E-state index in [2.05, 4.69) is 4.72 Å². The molecule has 158 valence electrons. The fourth-order valence-corrected chi connectivity index (χ4v) is 5.03. The Balaban J connectivity index is 1.97. The van der Waals surface area contributed by atoms with Crippen molar-refractivity contribution in [2.75, 3.05) is 21.8 Å². The lowest BCUT2D eigenvalue weighted by molar-refractivity contribution is 0.564. The number of halogens is 1. The molecule has 0 saturated carbocycles. The Kier molecular flexibility index (Phi) is 6.42. The molecule has 0 heterocycles. The molecule has 9 heteroatoms. The molecule has 0 unspecified atom stereocenters. The van der Waals surface area contributed by atoms with Crippen LogP contribution >= 0.6 is 0 Å². The second kappa shape index (κ2) is 8.85. The SMILES string of the molecule is CS(=O)(=O)Nc1ccc(S(=O)(=O)N(CCc2ccccc2)c2ccccc2)c(F)c1. The first-order valence-electron chi connectivity index (χ1n) is 9.06. The maximum absolute atomic E-state index is 14.7. The predicted molar refractivity (Wildman–Crippen MR) is 116 cm³/mol. The molecular formula is C21H21FN2O4S2. The van der Waals surface area contributed by atoms with Crippen LogP contribution in [-0.2, 0) is 26.5 Å². The lowest BCUT2D eigenvalue weighted by atomic mass is 10.1. The van der Waals surface area contributed by atoms with Crippen LogP contribution in [0.5, 0.6) is 0 Å². The fraction of sp³-hybridized carbons (Fsp3) is 0.143. The van der Waals surface area contributed by atoms with Crippen LogP contribution in [0.3, 0.4) is 0 Å². The minimum Gasteiger partial charge on any atom is -0.284 e. The second-order valence-electron chi connectivity index (χ2n) is 6.67. The van der Waals surface area contributed by atoms with Gasteiger partial charge < -0.3 is 0 Å². The van der Waals surface area contributed by atoms with Crippen molar-refractivity contribution in [1.29, 1.82) is 0 Å². The molecule has 3 aromatic carbocycles. The molecule has 0 spiro atoms. The van der Waals surface area contributed by atoms with E-state index in [0.717, 1.165) is 28.3 Å². The molecule has 0 aliphatic rings. The van der Waals surface area contributed by atoms with E-state index < -0.39 is 30.8 Å². The van der Waals surface area contributed by atoms with Crippen molar-refractivity contribution in [3.8, 4) is 0 Å². The summed E-state index contributed by atoms with van der Waals surface area (Å²) in [6.45, 7) is 0.110. The van der Waals surface area contributed by atoms with E-state index in [9.17, 15) is 21.2 Å². The second-order valence-corrected chi connectivity index (χ2v) is 10.2. The van der Waals surface area contributed by atoms with Gasteiger partial charge in [-0.2, -0.15) is 0 Å². The highest BCUT2D eigenvalue weighted by Gasteiger charge is 2.28. The highest BCUT2D eigenvalue weighted by Crippen LogP contribution is 2.27. The summed E-state index contributed by atoms with van der Waals surface area (Å²) in [4.78, 5) is -0.529. The number of benzene rings is 3. The van der Waals surface area contributed by atoms with Crippen molar-refractivity contribution < 1.29 is 21.2 Å². The number of nitrogens with one attached hydrogen (secondary N) is 1. The molecule has 3 rings (SSSR count). The quantitative estimate of drug-likeness (QED) is 0.570. The molecular weight excluding hydrogens is 427 g/mol. The number of hydrogen-bond donors (Lipinski definition) is 1. The lowest BCUT2D eigenvalue weighted by Gasteiger charge is -2.25. The first-order chi connectivity index (χ1) is 14.2. The van der Waals surface area contributed by atoms with Gasteiger partial charge in [0.15, 0.2) is 0 Å². The van der Waals surface area contributed by atoms with Crippen LogP contribution in [0.4, 0.5) is 15.8 Å². The first kappa shape index (κ1) is 21.8. The molecule has 0 fully saturated rings. The van der Waals surface area contributed by atoms with Crippen LogP contribution in [0.15, 0.2) is 83.8 Å². The highest BCUT2D eigenvalue weighted by atomic mass is 32.2. The average Bonchev–Trinajstić information content (AvgIpc) is 2.68. The van der Waals surface area contributed by atoms with E-state index in [-0.39, 0.29) is 12.2 Å². The van der Waals surface area contributed by atoms with Gasteiger partial charge in [0.2, 0.25) is 10.0 Å². The monoisotopic (exact) mass is 448 g/mol. The summed E-state index contributed by atoms with van der Waals surface area (Å²) in [6.07, 6.45) is 1.36. The van der Waals surface area contributed by atoms with Gasteiger partial charge in [-0.25, -0.2) is 21.2 Å². The molecule has 0 bridgehead atoms. The summed E-state index contributed by atoms with van der Waals surface area (Å²) in [5.41, 5.74) is 1.30. The average molecular weight is 449 g/mol. The smallest absolute Gasteiger partial charge is 0.267 e. The zero-order valence-corrected chi connectivity index (χ0v) is 17.8. The summed E-state index contributed by atoms with van der Waals surface area (Å²) in [7, 11) is -7.85. The molecule has 0 aromatic heterocycles. The lowest BCUT2D eigenvalue weighted by Crippen LogP contribution is -2.33. The Labute approximate surface area is 176 Å². The molecule has 6 nitrogen and oxygen atoms in total. The molecule has 0 radical (unpaired) electrons. The van der Waals surface area contributed by atoms with Crippen LogP contribution in [-0.4, -0.2) is 29.6 Å². The maximum Gasteiger partial charge on any atom is 0.267 e. The number of nitrogens with zero attached hydrogens (tertiary/aromatic N) is 1. The standard InChI is InChI=1S/C21H21FN2O4S2/c1-29(25,26)23-18-12-13-21(20(22)16-18)30(27,28)24(19-10-6-3-7-11-19)15-14-17-8-4-2-5-9-17/h2-13,16,23H,14-15H2,1H3. The summed E-state index contributed by atoms with van der Waals surface area (Å²) in [5.74, 6) is -1.04. The minimum absolute atomic E-state index is 0.0514. The van der Waals surface area contributed by atoms with Gasteiger partial charge in [-0.05, 0) is 42.3 Å². The first-order valence-corrected chi connectivity index (χ1v) is 12.4. The fourth-order valence-electron chi connectivity index (χ4n) is 2.96. The van der Waals surface area contributed by atoms with Crippen LogP contribution in [0, 0.1) is 5.82 Å². The van der Waals surface area contributed by atoms with Gasteiger partial charge >= 0.3 is 0 Å². The topological polar surface area (TPSA) is 83.5 Å². The van der Waals surface area contributed by atoms with Crippen molar-refractivity contribution in [1.82, 2.24) is 0 Å². The predicted octanol–water partition coefficient (Wildman–Crippen LogP) is 3.64. The van der Waals surface area contributed by atoms with E-state index in [1.807, 2.05) is 30.3 Å². The van der Waals surface area contributed by atoms with Crippen molar-refractivity contribution in [2.45, 2.75) is 11.3 Å². The van der Waals surface area contributed by atoms with Crippen molar-refractivity contribution in [2.24, 2.45) is 0 Å². The molecule has 0 aliphatic carbocycles. The van der Waals surface area contributed by atoms with E-state index >= 15 is 0 Å². The zero-order chi connectivity index (χ0) is 21.8. The van der Waals surface area contributed by atoms with Crippen LogP contribution in [0.1, 0.15) is 5.56 Å². The van der Waals surface area contributed by atoms with Gasteiger partial charge in [-0.1, -0.05) is 48.5 Å². The Hall–Kier alpha value is -2.91. The largest absolute Gasteiger partial charge is 0.284 e. The molecule has 1 N–H and O–H groups in total. The molecule has 0 amide bonds. The Morgan fingerprint density at radius 3 is 2.03 bits per heavy atom. The Morgan fingerprint density at radius 1 is 0.867 bits per heavy atom. The van der Waals surface area contributed by atoms with E-state index in [1.165, 1.54) is 6.07 Å². The van der Waals surface area contributed by atoms with Crippen molar-refractivity contribution in [3.05, 3.63) is 90.2 Å². The van der Waals surface area contributed by atoms with E-state index in [1.54, 1.807) is 30.3 Å². The third-order valence-corrected chi connectivity index (χ3v) is 6.76. The number of sulfonamides is 2. The van der Waals surface area contributed by atoms with Gasteiger partial charge in [0.1, 0.15) is 10.7 Å².